The highest BCUT2D eigenvalue weighted by Crippen LogP contribution is 2.17. The van der Waals surface area contributed by atoms with Crippen LogP contribution in [0.5, 0.6) is 0 Å². The Morgan fingerprint density at radius 2 is 1.79 bits per heavy atom. The first kappa shape index (κ1) is 4.26. The molecule has 2 rings (SSSR count). The van der Waals surface area contributed by atoms with Gasteiger partial charge < -0.3 is 0 Å². The van der Waals surface area contributed by atoms with Crippen LogP contribution in [0.4, 0.5) is 0 Å². The smallest absolute Gasteiger partial charge is 0.0704 e. The number of nitrogens with zero attached hydrogens (tertiary/aromatic N) is 1. The highest BCUT2D eigenvalue weighted by Gasteiger charge is 1.97. The molecular formula is C13H13N. The van der Waals surface area contributed by atoms with Crippen molar-refractivity contribution in [1.29, 1.82) is 0 Å². The van der Waals surface area contributed by atoms with Crippen molar-refractivity contribution in [3.05, 3.63) is 53.7 Å². The Morgan fingerprint density at radius 1 is 1.00 bits per heavy atom. The van der Waals surface area contributed by atoms with E-state index >= 15 is 0 Å². The van der Waals surface area contributed by atoms with Crippen LogP contribution in [0.2, 0.25) is 0 Å². The SMILES string of the molecule is [2H]C([2H])([2H])c1ccc(-c2cc(C([2H])([2H])[2H])ccn2)cc1. The van der Waals surface area contributed by atoms with E-state index in [4.69, 9.17) is 8.22 Å². The number of aromatic nitrogens is 1. The summed E-state index contributed by atoms with van der Waals surface area (Å²) >= 11 is 0. The minimum Gasteiger partial charge on any atom is -0.256 e. The largest absolute Gasteiger partial charge is 0.256 e. The second-order valence-corrected chi connectivity index (χ2v) is 3.01. The normalized spacial score (nSPS) is 18.3. The van der Waals surface area contributed by atoms with E-state index in [1.54, 1.807) is 12.1 Å². The molecule has 70 valence electrons. The first-order chi connectivity index (χ1) is 9.18. The standard InChI is InChI=1S/C13H13N/c1-10-3-5-12(6-4-10)13-9-11(2)7-8-14-13/h3-9H,1-2H3/i1D3,2D3. The van der Waals surface area contributed by atoms with Crippen LogP contribution < -0.4 is 0 Å². The molecule has 1 heteroatoms. The average Bonchev–Trinajstić information content (AvgIpc) is 2.37. The van der Waals surface area contributed by atoms with Crippen molar-refractivity contribution in [2.75, 3.05) is 0 Å². The van der Waals surface area contributed by atoms with Crippen molar-refractivity contribution in [3.63, 3.8) is 0 Å². The second-order valence-electron chi connectivity index (χ2n) is 3.01. The van der Waals surface area contributed by atoms with Gasteiger partial charge in [0.15, 0.2) is 0 Å². The fourth-order valence-corrected chi connectivity index (χ4v) is 1.23. The van der Waals surface area contributed by atoms with Gasteiger partial charge in [0.25, 0.3) is 0 Å². The van der Waals surface area contributed by atoms with Crippen LogP contribution in [0.15, 0.2) is 42.6 Å². The summed E-state index contributed by atoms with van der Waals surface area (Å²) in [6.45, 7) is -4.33. The Hall–Kier alpha value is -1.63. The Bertz CT molecular complexity index is 597. The number of aryl methyl sites for hydroxylation is 2. The van der Waals surface area contributed by atoms with Gasteiger partial charge in [0.1, 0.15) is 0 Å². The average molecular weight is 189 g/mol. The van der Waals surface area contributed by atoms with Gasteiger partial charge in [-0.1, -0.05) is 29.8 Å². The van der Waals surface area contributed by atoms with Crippen LogP contribution in [-0.2, 0) is 0 Å². The van der Waals surface area contributed by atoms with Gasteiger partial charge in [-0.3, -0.25) is 4.98 Å². The van der Waals surface area contributed by atoms with Crippen molar-refractivity contribution in [3.8, 4) is 11.3 Å². The molecule has 2 aromatic rings. The lowest BCUT2D eigenvalue weighted by molar-refractivity contribution is 1.28. The zero-order chi connectivity index (χ0) is 15.0. The molecule has 1 heterocycles. The fraction of sp³-hybridized carbons (Fsp3) is 0.154. The molecule has 0 saturated carbocycles. The summed E-state index contributed by atoms with van der Waals surface area (Å²) in [6, 6.07) is 9.23. The van der Waals surface area contributed by atoms with Gasteiger partial charge in [-0.15, -0.1) is 0 Å². The minimum absolute atomic E-state index is 0.211. The van der Waals surface area contributed by atoms with E-state index in [-0.39, 0.29) is 11.1 Å². The number of pyridine rings is 1. The van der Waals surface area contributed by atoms with Gasteiger partial charge in [0, 0.05) is 20.0 Å². The monoisotopic (exact) mass is 189 g/mol. The first-order valence-corrected chi connectivity index (χ1v) is 4.25. The molecule has 0 aliphatic heterocycles. The lowest BCUT2D eigenvalue weighted by atomic mass is 10.1. The molecule has 0 unspecified atom stereocenters. The van der Waals surface area contributed by atoms with E-state index < -0.39 is 13.7 Å². The van der Waals surface area contributed by atoms with E-state index in [0.29, 0.717) is 11.3 Å². The van der Waals surface area contributed by atoms with E-state index in [9.17, 15) is 0 Å². The molecule has 0 N–H and O–H groups in total. The quantitative estimate of drug-likeness (QED) is 0.670. The molecule has 0 spiro atoms. The maximum absolute atomic E-state index is 7.38. The zero-order valence-electron chi connectivity index (χ0n) is 13.5. The van der Waals surface area contributed by atoms with Crippen molar-refractivity contribution >= 4 is 0 Å². The molecule has 0 radical (unpaired) electrons. The summed E-state index contributed by atoms with van der Waals surface area (Å²) in [4.78, 5) is 4.12. The van der Waals surface area contributed by atoms with Crippen LogP contribution in [0.3, 0.4) is 0 Å². The molecule has 0 aliphatic carbocycles. The number of rotatable bonds is 1. The minimum atomic E-state index is -2.18. The Kier molecular flexibility index (Phi) is 1.10. The van der Waals surface area contributed by atoms with Crippen LogP contribution in [-0.4, -0.2) is 4.98 Å². The summed E-state index contributed by atoms with van der Waals surface area (Å²) in [6.07, 6.45) is 1.44. The molecule has 0 saturated heterocycles. The molecule has 0 fully saturated rings. The van der Waals surface area contributed by atoms with Crippen LogP contribution >= 0.6 is 0 Å². The molecule has 1 nitrogen and oxygen atoms in total. The van der Waals surface area contributed by atoms with E-state index in [0.717, 1.165) is 0 Å². The zero-order valence-corrected chi connectivity index (χ0v) is 7.49. The summed E-state index contributed by atoms with van der Waals surface area (Å²) < 4.78 is 44.1. The maximum Gasteiger partial charge on any atom is 0.0704 e. The highest BCUT2D eigenvalue weighted by atomic mass is 14.7. The number of benzene rings is 1. The predicted molar refractivity (Wildman–Crippen MR) is 59.1 cm³/mol. The van der Waals surface area contributed by atoms with E-state index in [1.165, 1.54) is 30.5 Å². The summed E-state index contributed by atoms with van der Waals surface area (Å²) in [5.74, 6) is 0. The van der Waals surface area contributed by atoms with Gasteiger partial charge in [0.05, 0.1) is 5.69 Å². The molecule has 0 aliphatic rings. The molecule has 1 aromatic carbocycles. The van der Waals surface area contributed by atoms with Crippen LogP contribution in [0.25, 0.3) is 11.3 Å². The van der Waals surface area contributed by atoms with Gasteiger partial charge >= 0.3 is 0 Å². The van der Waals surface area contributed by atoms with Crippen molar-refractivity contribution < 1.29 is 8.22 Å². The number of hydrogen-bond acceptors (Lipinski definition) is 1. The fourth-order valence-electron chi connectivity index (χ4n) is 1.23. The van der Waals surface area contributed by atoms with Crippen LogP contribution in [0, 0.1) is 13.7 Å². The number of hydrogen-bond donors (Lipinski definition) is 0. The maximum atomic E-state index is 7.38. The van der Waals surface area contributed by atoms with E-state index in [1.807, 2.05) is 0 Å². The molecule has 0 bridgehead atoms. The van der Waals surface area contributed by atoms with E-state index in [2.05, 4.69) is 4.98 Å². The summed E-state index contributed by atoms with van der Waals surface area (Å²) in [7, 11) is 0. The Balaban J connectivity index is 2.38. The third kappa shape index (κ3) is 1.82. The molecule has 0 atom stereocenters. The van der Waals surface area contributed by atoms with Crippen molar-refractivity contribution in [2.24, 2.45) is 0 Å². The van der Waals surface area contributed by atoms with Crippen molar-refractivity contribution in [2.45, 2.75) is 13.7 Å². The highest BCUT2D eigenvalue weighted by molar-refractivity contribution is 5.59. The van der Waals surface area contributed by atoms with Gasteiger partial charge in [-0.2, -0.15) is 0 Å². The molecule has 0 amide bonds. The third-order valence-electron chi connectivity index (χ3n) is 1.94. The Morgan fingerprint density at radius 3 is 2.50 bits per heavy atom. The first-order valence-electron chi connectivity index (χ1n) is 7.25. The summed E-state index contributed by atoms with van der Waals surface area (Å²) in [5, 5.41) is 0. The second kappa shape index (κ2) is 3.62. The third-order valence-corrected chi connectivity index (χ3v) is 1.94. The summed E-state index contributed by atoms with van der Waals surface area (Å²) in [5.41, 5.74) is 1.65. The van der Waals surface area contributed by atoms with Gasteiger partial charge in [-0.05, 0) is 31.4 Å². The van der Waals surface area contributed by atoms with Gasteiger partial charge in [0.2, 0.25) is 0 Å². The Labute approximate surface area is 92.9 Å². The van der Waals surface area contributed by atoms with Crippen LogP contribution in [0.1, 0.15) is 19.4 Å². The predicted octanol–water partition coefficient (Wildman–Crippen LogP) is 3.37. The molecular weight excluding hydrogens is 170 g/mol. The topological polar surface area (TPSA) is 12.9 Å². The lowest BCUT2D eigenvalue weighted by Gasteiger charge is -2.01. The lowest BCUT2D eigenvalue weighted by Crippen LogP contribution is -1.84. The molecule has 1 aromatic heterocycles. The molecule has 14 heavy (non-hydrogen) atoms. The van der Waals surface area contributed by atoms with Crippen molar-refractivity contribution in [1.82, 2.24) is 4.98 Å². The van der Waals surface area contributed by atoms with Gasteiger partial charge in [-0.25, -0.2) is 0 Å².